The predicted molar refractivity (Wildman–Crippen MR) is 74.3 cm³/mol. The monoisotopic (exact) mass is 256 g/mol. The lowest BCUT2D eigenvalue weighted by molar-refractivity contribution is -0.132. The van der Waals surface area contributed by atoms with Gasteiger partial charge in [-0.3, -0.25) is 4.79 Å². The highest BCUT2D eigenvalue weighted by Gasteiger charge is 2.24. The second-order valence-corrected chi connectivity index (χ2v) is 5.13. The van der Waals surface area contributed by atoms with Gasteiger partial charge in [0.1, 0.15) is 6.54 Å². The lowest BCUT2D eigenvalue weighted by atomic mass is 9.93. The van der Waals surface area contributed by atoms with Crippen molar-refractivity contribution in [3.63, 3.8) is 0 Å². The largest absolute Gasteiger partial charge is 0.326 e. The SMILES string of the molecule is N#CCN(C(=O)Cc1ccccc1)C1CCCCC1. The Labute approximate surface area is 114 Å². The Bertz CT molecular complexity index is 444. The first kappa shape index (κ1) is 13.6. The molecular formula is C16H20N2O. The Balaban J connectivity index is 2.01. The number of nitriles is 1. The molecule has 1 aromatic rings. The van der Waals surface area contributed by atoms with Gasteiger partial charge in [0.2, 0.25) is 5.91 Å². The van der Waals surface area contributed by atoms with Crippen LogP contribution in [0.15, 0.2) is 30.3 Å². The van der Waals surface area contributed by atoms with E-state index in [4.69, 9.17) is 5.26 Å². The number of rotatable bonds is 4. The predicted octanol–water partition coefficient (Wildman–Crippen LogP) is 2.91. The lowest BCUT2D eigenvalue weighted by Gasteiger charge is -2.32. The molecule has 0 heterocycles. The molecule has 19 heavy (non-hydrogen) atoms. The summed E-state index contributed by atoms with van der Waals surface area (Å²) in [7, 11) is 0. The number of hydrogen-bond donors (Lipinski definition) is 0. The van der Waals surface area contributed by atoms with Crippen LogP contribution in [0, 0.1) is 11.3 Å². The third-order valence-corrected chi connectivity index (χ3v) is 3.78. The fourth-order valence-electron chi connectivity index (χ4n) is 2.76. The Morgan fingerprint density at radius 1 is 1.21 bits per heavy atom. The number of carbonyl (C=O) groups excluding carboxylic acids is 1. The first-order chi connectivity index (χ1) is 9.31. The number of carbonyl (C=O) groups is 1. The normalized spacial score (nSPS) is 15.7. The molecule has 0 atom stereocenters. The maximum Gasteiger partial charge on any atom is 0.228 e. The minimum atomic E-state index is 0.0830. The van der Waals surface area contributed by atoms with E-state index in [1.165, 1.54) is 19.3 Å². The van der Waals surface area contributed by atoms with E-state index in [0.717, 1.165) is 18.4 Å². The summed E-state index contributed by atoms with van der Waals surface area (Å²) in [6.45, 7) is 0.219. The fraction of sp³-hybridized carbons (Fsp3) is 0.500. The maximum absolute atomic E-state index is 12.4. The Morgan fingerprint density at radius 2 is 1.89 bits per heavy atom. The average Bonchev–Trinajstić information content (AvgIpc) is 2.46. The van der Waals surface area contributed by atoms with Crippen molar-refractivity contribution < 1.29 is 4.79 Å². The van der Waals surface area contributed by atoms with Gasteiger partial charge in [-0.1, -0.05) is 49.6 Å². The molecule has 1 aliphatic carbocycles. The van der Waals surface area contributed by atoms with Gasteiger partial charge < -0.3 is 4.90 Å². The molecule has 2 rings (SSSR count). The van der Waals surface area contributed by atoms with Crippen LogP contribution in [0.25, 0.3) is 0 Å². The molecule has 100 valence electrons. The van der Waals surface area contributed by atoms with Crippen molar-refractivity contribution in [2.24, 2.45) is 0 Å². The van der Waals surface area contributed by atoms with E-state index < -0.39 is 0 Å². The van der Waals surface area contributed by atoms with Crippen molar-refractivity contribution in [1.82, 2.24) is 4.90 Å². The maximum atomic E-state index is 12.4. The summed E-state index contributed by atoms with van der Waals surface area (Å²) in [6.07, 6.45) is 6.09. The average molecular weight is 256 g/mol. The molecule has 0 aromatic heterocycles. The molecule has 3 nitrogen and oxygen atoms in total. The highest BCUT2D eigenvalue weighted by molar-refractivity contribution is 5.79. The second kappa shape index (κ2) is 6.94. The Hall–Kier alpha value is -1.82. The van der Waals surface area contributed by atoms with E-state index >= 15 is 0 Å². The zero-order valence-corrected chi connectivity index (χ0v) is 11.2. The quantitative estimate of drug-likeness (QED) is 0.777. The summed E-state index contributed by atoms with van der Waals surface area (Å²) in [4.78, 5) is 14.2. The van der Waals surface area contributed by atoms with Gasteiger partial charge in [0.25, 0.3) is 0 Å². The summed E-state index contributed by atoms with van der Waals surface area (Å²) in [5.41, 5.74) is 1.02. The molecule has 1 amide bonds. The van der Waals surface area contributed by atoms with E-state index in [0.29, 0.717) is 6.42 Å². The first-order valence-corrected chi connectivity index (χ1v) is 7.01. The molecule has 0 saturated heterocycles. The van der Waals surface area contributed by atoms with E-state index in [1.54, 1.807) is 4.90 Å². The van der Waals surface area contributed by atoms with Crippen molar-refractivity contribution in [3.05, 3.63) is 35.9 Å². The summed E-state index contributed by atoms with van der Waals surface area (Å²) in [5, 5.41) is 8.94. The van der Waals surface area contributed by atoms with Crippen molar-refractivity contribution in [1.29, 1.82) is 5.26 Å². The molecule has 0 N–H and O–H groups in total. The molecule has 1 aromatic carbocycles. The standard InChI is InChI=1S/C16H20N2O/c17-11-12-18(15-9-5-2-6-10-15)16(19)13-14-7-3-1-4-8-14/h1,3-4,7-8,15H,2,5-6,9-10,12-13H2. The molecule has 0 spiro atoms. The fourth-order valence-corrected chi connectivity index (χ4v) is 2.76. The molecule has 0 bridgehead atoms. The van der Waals surface area contributed by atoms with Crippen LogP contribution in [0.3, 0.4) is 0 Å². The van der Waals surface area contributed by atoms with Gasteiger partial charge in [-0.25, -0.2) is 0 Å². The number of amides is 1. The minimum Gasteiger partial charge on any atom is -0.326 e. The third kappa shape index (κ3) is 3.82. The smallest absolute Gasteiger partial charge is 0.228 e. The number of nitrogens with zero attached hydrogens (tertiary/aromatic N) is 2. The van der Waals surface area contributed by atoms with Crippen molar-refractivity contribution in [2.45, 2.75) is 44.6 Å². The van der Waals surface area contributed by atoms with Gasteiger partial charge in [0.15, 0.2) is 0 Å². The Kier molecular flexibility index (Phi) is 4.97. The van der Waals surface area contributed by atoms with E-state index in [-0.39, 0.29) is 18.5 Å². The zero-order chi connectivity index (χ0) is 13.5. The summed E-state index contributed by atoms with van der Waals surface area (Å²) >= 11 is 0. The zero-order valence-electron chi connectivity index (χ0n) is 11.2. The van der Waals surface area contributed by atoms with Gasteiger partial charge in [-0.2, -0.15) is 5.26 Å². The van der Waals surface area contributed by atoms with Crippen LogP contribution in [0.4, 0.5) is 0 Å². The van der Waals surface area contributed by atoms with E-state index in [2.05, 4.69) is 6.07 Å². The van der Waals surface area contributed by atoms with Crippen molar-refractivity contribution in [3.8, 4) is 6.07 Å². The van der Waals surface area contributed by atoms with Crippen LogP contribution in [0.5, 0.6) is 0 Å². The summed E-state index contributed by atoms with van der Waals surface area (Å²) in [5.74, 6) is 0.0830. The highest BCUT2D eigenvalue weighted by Crippen LogP contribution is 2.23. The molecule has 3 heteroatoms. The van der Waals surface area contributed by atoms with E-state index in [9.17, 15) is 4.79 Å². The molecular weight excluding hydrogens is 236 g/mol. The topological polar surface area (TPSA) is 44.1 Å². The second-order valence-electron chi connectivity index (χ2n) is 5.13. The minimum absolute atomic E-state index is 0.0830. The number of benzene rings is 1. The van der Waals surface area contributed by atoms with E-state index in [1.807, 2.05) is 30.3 Å². The number of hydrogen-bond acceptors (Lipinski definition) is 2. The highest BCUT2D eigenvalue weighted by atomic mass is 16.2. The summed E-state index contributed by atoms with van der Waals surface area (Å²) < 4.78 is 0. The molecule has 0 unspecified atom stereocenters. The van der Waals surface area contributed by atoms with Crippen LogP contribution in [0.1, 0.15) is 37.7 Å². The van der Waals surface area contributed by atoms with Crippen LogP contribution in [-0.2, 0) is 11.2 Å². The van der Waals surface area contributed by atoms with Gasteiger partial charge in [-0.05, 0) is 18.4 Å². The Morgan fingerprint density at radius 3 is 2.53 bits per heavy atom. The van der Waals surface area contributed by atoms with Crippen LogP contribution in [0.2, 0.25) is 0 Å². The van der Waals surface area contributed by atoms with Crippen molar-refractivity contribution >= 4 is 5.91 Å². The molecule has 1 saturated carbocycles. The van der Waals surface area contributed by atoms with Crippen molar-refractivity contribution in [2.75, 3.05) is 6.54 Å². The van der Waals surface area contributed by atoms with Crippen LogP contribution < -0.4 is 0 Å². The summed E-state index contributed by atoms with van der Waals surface area (Å²) in [6, 6.07) is 12.2. The van der Waals surface area contributed by atoms with Gasteiger partial charge >= 0.3 is 0 Å². The molecule has 0 radical (unpaired) electrons. The van der Waals surface area contributed by atoms with Gasteiger partial charge in [0, 0.05) is 6.04 Å². The van der Waals surface area contributed by atoms with Crippen LogP contribution >= 0.6 is 0 Å². The molecule has 0 aliphatic heterocycles. The molecule has 1 aliphatic rings. The van der Waals surface area contributed by atoms with Crippen LogP contribution in [-0.4, -0.2) is 23.4 Å². The third-order valence-electron chi connectivity index (χ3n) is 3.78. The first-order valence-electron chi connectivity index (χ1n) is 7.01. The molecule has 1 fully saturated rings. The van der Waals surface area contributed by atoms with Gasteiger partial charge in [0.05, 0.1) is 12.5 Å². The lowest BCUT2D eigenvalue weighted by Crippen LogP contribution is -2.42. The van der Waals surface area contributed by atoms with Gasteiger partial charge in [-0.15, -0.1) is 0 Å².